The highest BCUT2D eigenvalue weighted by atomic mass is 19.4. The predicted molar refractivity (Wildman–Crippen MR) is 62.3 cm³/mol. The number of rotatable bonds is 2. The van der Waals surface area contributed by atoms with Crippen LogP contribution in [0.15, 0.2) is 23.2 Å². The van der Waals surface area contributed by atoms with Crippen molar-refractivity contribution in [1.29, 1.82) is 0 Å². The number of hydrogen-bond acceptors (Lipinski definition) is 4. The van der Waals surface area contributed by atoms with Gasteiger partial charge in [-0.3, -0.25) is 0 Å². The summed E-state index contributed by atoms with van der Waals surface area (Å²) in [5.74, 6) is 0. The molecule has 4 nitrogen and oxygen atoms in total. The van der Waals surface area contributed by atoms with Crippen molar-refractivity contribution >= 4 is 17.5 Å². The second-order valence-electron chi connectivity index (χ2n) is 4.00. The summed E-state index contributed by atoms with van der Waals surface area (Å²) in [4.78, 5) is 15.0. The van der Waals surface area contributed by atoms with E-state index in [1.54, 1.807) is 4.90 Å². The van der Waals surface area contributed by atoms with E-state index in [-0.39, 0.29) is 0 Å². The van der Waals surface area contributed by atoms with E-state index in [4.69, 9.17) is 4.74 Å². The van der Waals surface area contributed by atoms with E-state index in [1.807, 2.05) is 0 Å². The molecule has 0 aliphatic carbocycles. The lowest BCUT2D eigenvalue weighted by molar-refractivity contribution is -0.137. The first-order chi connectivity index (χ1) is 9.02. The van der Waals surface area contributed by atoms with Crippen LogP contribution in [0.25, 0.3) is 0 Å². The average molecular weight is 272 g/mol. The van der Waals surface area contributed by atoms with Gasteiger partial charge < -0.3 is 9.64 Å². The molecule has 0 bridgehead atoms. The first-order valence-electron chi connectivity index (χ1n) is 5.64. The molecule has 0 radical (unpaired) electrons. The number of carbonyl (C=O) groups excluding carboxylic acids is 1. The Hall–Kier alpha value is -1.85. The van der Waals surface area contributed by atoms with Crippen LogP contribution in [-0.2, 0) is 15.7 Å². The number of benzene rings is 1. The molecule has 1 heterocycles. The molecule has 0 amide bonds. The van der Waals surface area contributed by atoms with Crippen LogP contribution in [0.3, 0.4) is 0 Å². The summed E-state index contributed by atoms with van der Waals surface area (Å²) in [6, 6.07) is 3.69. The minimum Gasteiger partial charge on any atom is -0.378 e. The van der Waals surface area contributed by atoms with E-state index in [1.165, 1.54) is 12.1 Å². The molecule has 7 heteroatoms. The fourth-order valence-electron chi connectivity index (χ4n) is 1.92. The number of aliphatic imine (C=N–C) groups is 1. The number of nitrogens with zero attached hydrogens (tertiary/aromatic N) is 2. The zero-order valence-electron chi connectivity index (χ0n) is 9.91. The molecule has 1 aliphatic heterocycles. The van der Waals surface area contributed by atoms with E-state index in [2.05, 4.69) is 4.99 Å². The maximum atomic E-state index is 12.9. The number of alkyl halides is 3. The predicted octanol–water partition coefficient (Wildman–Crippen LogP) is 2.51. The minimum atomic E-state index is -4.56. The van der Waals surface area contributed by atoms with Gasteiger partial charge in [0.05, 0.1) is 24.5 Å². The Morgan fingerprint density at radius 3 is 2.53 bits per heavy atom. The average Bonchev–Trinajstić information content (AvgIpc) is 2.39. The van der Waals surface area contributed by atoms with Crippen molar-refractivity contribution in [3.63, 3.8) is 0 Å². The lowest BCUT2D eigenvalue weighted by atomic mass is 10.1. The van der Waals surface area contributed by atoms with Crippen molar-refractivity contribution in [1.82, 2.24) is 0 Å². The Labute approximate surface area is 107 Å². The SMILES string of the molecule is O=C=Nc1ccc(N2CCOCC2)cc1C(F)(F)F. The molecule has 0 unspecified atom stereocenters. The Kier molecular flexibility index (Phi) is 3.87. The molecule has 1 aliphatic rings. The van der Waals surface area contributed by atoms with Crippen molar-refractivity contribution in [2.75, 3.05) is 31.2 Å². The van der Waals surface area contributed by atoms with Crippen LogP contribution in [0, 0.1) is 0 Å². The Morgan fingerprint density at radius 2 is 1.95 bits per heavy atom. The molecule has 2 rings (SSSR count). The Balaban J connectivity index is 2.40. The highest BCUT2D eigenvalue weighted by Gasteiger charge is 2.34. The monoisotopic (exact) mass is 272 g/mol. The van der Waals surface area contributed by atoms with E-state index in [0.717, 1.165) is 12.1 Å². The van der Waals surface area contributed by atoms with Crippen LogP contribution in [0.5, 0.6) is 0 Å². The Morgan fingerprint density at radius 1 is 1.26 bits per heavy atom. The van der Waals surface area contributed by atoms with Crippen LogP contribution in [0.1, 0.15) is 5.56 Å². The van der Waals surface area contributed by atoms with Gasteiger partial charge >= 0.3 is 6.18 Å². The first kappa shape index (κ1) is 13.6. The summed E-state index contributed by atoms with van der Waals surface area (Å²) in [5.41, 5.74) is -0.903. The van der Waals surface area contributed by atoms with Gasteiger partial charge in [-0.2, -0.15) is 18.2 Å². The molecule has 0 aromatic heterocycles. The van der Waals surface area contributed by atoms with Crippen LogP contribution in [-0.4, -0.2) is 32.4 Å². The smallest absolute Gasteiger partial charge is 0.378 e. The summed E-state index contributed by atoms with van der Waals surface area (Å²) in [6.07, 6.45) is -3.42. The van der Waals surface area contributed by atoms with E-state index in [9.17, 15) is 18.0 Å². The number of halogens is 3. The summed E-state index contributed by atoms with van der Waals surface area (Å²) in [7, 11) is 0. The van der Waals surface area contributed by atoms with Crippen molar-refractivity contribution in [2.45, 2.75) is 6.18 Å². The lowest BCUT2D eigenvalue weighted by Gasteiger charge is -2.29. The zero-order valence-corrected chi connectivity index (χ0v) is 9.91. The Bertz CT molecular complexity index is 504. The molecule has 0 atom stereocenters. The lowest BCUT2D eigenvalue weighted by Crippen LogP contribution is -2.36. The summed E-state index contributed by atoms with van der Waals surface area (Å²) >= 11 is 0. The van der Waals surface area contributed by atoms with Crippen molar-refractivity contribution < 1.29 is 22.7 Å². The van der Waals surface area contributed by atoms with Gasteiger partial charge in [0.2, 0.25) is 6.08 Å². The standard InChI is InChI=1S/C12H11F3N2O2/c13-12(14,15)10-7-9(1-2-11(10)16-8-18)17-3-5-19-6-4-17/h1-2,7H,3-6H2. The van der Waals surface area contributed by atoms with Crippen LogP contribution in [0.4, 0.5) is 24.5 Å². The maximum absolute atomic E-state index is 12.9. The third kappa shape index (κ3) is 3.13. The third-order valence-corrected chi connectivity index (χ3v) is 2.83. The van der Waals surface area contributed by atoms with Gasteiger partial charge in [-0.1, -0.05) is 0 Å². The summed E-state index contributed by atoms with van der Waals surface area (Å²) < 4.78 is 43.8. The third-order valence-electron chi connectivity index (χ3n) is 2.83. The largest absolute Gasteiger partial charge is 0.418 e. The maximum Gasteiger partial charge on any atom is 0.418 e. The van der Waals surface area contributed by atoms with E-state index >= 15 is 0 Å². The topological polar surface area (TPSA) is 41.9 Å². The summed E-state index contributed by atoms with van der Waals surface area (Å²) in [6.45, 7) is 2.03. The molecule has 19 heavy (non-hydrogen) atoms. The molecule has 1 aromatic rings. The van der Waals surface area contributed by atoms with Gasteiger partial charge in [-0.15, -0.1) is 0 Å². The van der Waals surface area contributed by atoms with Crippen molar-refractivity contribution in [2.24, 2.45) is 4.99 Å². The molecule has 0 spiro atoms. The van der Waals surface area contributed by atoms with Gasteiger partial charge in [0.1, 0.15) is 0 Å². The quantitative estimate of drug-likeness (QED) is 0.613. The highest BCUT2D eigenvalue weighted by molar-refractivity contribution is 5.62. The normalized spacial score (nSPS) is 16.1. The van der Waals surface area contributed by atoms with Crippen LogP contribution < -0.4 is 4.90 Å². The number of ether oxygens (including phenoxy) is 1. The highest BCUT2D eigenvalue weighted by Crippen LogP contribution is 2.38. The van der Waals surface area contributed by atoms with Crippen molar-refractivity contribution in [3.05, 3.63) is 23.8 Å². The molecule has 102 valence electrons. The molecular formula is C12H11F3N2O2. The molecule has 1 fully saturated rings. The zero-order chi connectivity index (χ0) is 13.9. The molecule has 0 saturated carbocycles. The fourth-order valence-corrected chi connectivity index (χ4v) is 1.92. The molecule has 0 N–H and O–H groups in total. The molecule has 1 saturated heterocycles. The first-order valence-corrected chi connectivity index (χ1v) is 5.64. The van der Waals surface area contributed by atoms with Gasteiger partial charge in [0.15, 0.2) is 0 Å². The van der Waals surface area contributed by atoms with E-state index in [0.29, 0.717) is 32.0 Å². The van der Waals surface area contributed by atoms with Gasteiger partial charge in [0, 0.05) is 18.8 Å². The second kappa shape index (κ2) is 5.42. The van der Waals surface area contributed by atoms with Gasteiger partial charge in [-0.25, -0.2) is 4.79 Å². The molecule has 1 aromatic carbocycles. The van der Waals surface area contributed by atoms with Crippen LogP contribution in [0.2, 0.25) is 0 Å². The minimum absolute atomic E-state index is 0.417. The molecular weight excluding hydrogens is 261 g/mol. The van der Waals surface area contributed by atoms with Crippen LogP contribution >= 0.6 is 0 Å². The number of isocyanates is 1. The number of morpholine rings is 1. The number of anilines is 1. The van der Waals surface area contributed by atoms with Gasteiger partial charge in [0.25, 0.3) is 0 Å². The van der Waals surface area contributed by atoms with Crippen molar-refractivity contribution in [3.8, 4) is 0 Å². The number of hydrogen-bond donors (Lipinski definition) is 0. The summed E-state index contributed by atoms with van der Waals surface area (Å²) in [5, 5.41) is 0. The van der Waals surface area contributed by atoms with E-state index < -0.39 is 17.4 Å². The fraction of sp³-hybridized carbons (Fsp3) is 0.417. The van der Waals surface area contributed by atoms with Gasteiger partial charge in [-0.05, 0) is 18.2 Å². The second-order valence-corrected chi connectivity index (χ2v) is 4.00.